The van der Waals surface area contributed by atoms with Crippen LogP contribution in [0.3, 0.4) is 0 Å². The Morgan fingerprint density at radius 3 is 2.47 bits per heavy atom. The zero-order chi connectivity index (χ0) is 12.4. The SMILES string of the molecule is CC(=O)c1cc(-c2cccc(N)c2)ccc1O. The summed E-state index contributed by atoms with van der Waals surface area (Å²) in [4.78, 5) is 11.3. The molecule has 0 unspecified atom stereocenters. The van der Waals surface area contributed by atoms with Gasteiger partial charge in [-0.15, -0.1) is 0 Å². The molecule has 0 aromatic heterocycles. The molecule has 2 rings (SSSR count). The van der Waals surface area contributed by atoms with Crippen molar-refractivity contribution in [1.82, 2.24) is 0 Å². The van der Waals surface area contributed by atoms with Crippen molar-refractivity contribution in [2.75, 3.05) is 5.73 Å². The molecule has 0 aliphatic carbocycles. The van der Waals surface area contributed by atoms with Gasteiger partial charge in [0.25, 0.3) is 0 Å². The highest BCUT2D eigenvalue weighted by molar-refractivity contribution is 5.98. The van der Waals surface area contributed by atoms with E-state index in [0.29, 0.717) is 11.3 Å². The van der Waals surface area contributed by atoms with Crippen molar-refractivity contribution in [3.05, 3.63) is 48.0 Å². The van der Waals surface area contributed by atoms with Gasteiger partial charge in [-0.2, -0.15) is 0 Å². The molecule has 0 aliphatic rings. The van der Waals surface area contributed by atoms with Crippen LogP contribution in [0.4, 0.5) is 5.69 Å². The first-order valence-corrected chi connectivity index (χ1v) is 5.28. The van der Waals surface area contributed by atoms with Gasteiger partial charge in [0.2, 0.25) is 0 Å². The van der Waals surface area contributed by atoms with E-state index < -0.39 is 0 Å². The fraction of sp³-hybridized carbons (Fsp3) is 0.0714. The average molecular weight is 227 g/mol. The van der Waals surface area contributed by atoms with Gasteiger partial charge in [-0.1, -0.05) is 18.2 Å². The summed E-state index contributed by atoms with van der Waals surface area (Å²) in [6.45, 7) is 1.43. The molecule has 3 nitrogen and oxygen atoms in total. The first kappa shape index (κ1) is 11.2. The van der Waals surface area contributed by atoms with Gasteiger partial charge in [0.15, 0.2) is 5.78 Å². The van der Waals surface area contributed by atoms with Gasteiger partial charge in [0, 0.05) is 5.69 Å². The minimum Gasteiger partial charge on any atom is -0.507 e. The van der Waals surface area contributed by atoms with Crippen LogP contribution in [0, 0.1) is 0 Å². The van der Waals surface area contributed by atoms with Crippen molar-refractivity contribution in [2.24, 2.45) is 0 Å². The minimum absolute atomic E-state index is 0.00477. The number of Topliss-reactive ketones (excluding diaryl/α,β-unsaturated/α-hetero) is 1. The molecule has 0 fully saturated rings. The topological polar surface area (TPSA) is 63.3 Å². The number of phenols is 1. The van der Waals surface area contributed by atoms with Gasteiger partial charge in [0.1, 0.15) is 5.75 Å². The number of carbonyl (C=O) groups is 1. The summed E-state index contributed by atoms with van der Waals surface area (Å²) in [5.74, 6) is -0.154. The maximum absolute atomic E-state index is 11.3. The molecule has 86 valence electrons. The Morgan fingerprint density at radius 2 is 1.82 bits per heavy atom. The number of carbonyl (C=O) groups excluding carboxylic acids is 1. The van der Waals surface area contributed by atoms with Crippen molar-refractivity contribution in [2.45, 2.75) is 6.92 Å². The molecule has 3 N–H and O–H groups in total. The maximum atomic E-state index is 11.3. The lowest BCUT2D eigenvalue weighted by molar-refractivity contribution is 0.101. The van der Waals surface area contributed by atoms with Crippen molar-refractivity contribution >= 4 is 11.5 Å². The molecule has 2 aromatic rings. The number of nitrogens with two attached hydrogens (primary N) is 1. The highest BCUT2D eigenvalue weighted by atomic mass is 16.3. The first-order chi connectivity index (χ1) is 8.08. The molecule has 0 atom stereocenters. The predicted octanol–water partition coefficient (Wildman–Crippen LogP) is 2.84. The summed E-state index contributed by atoms with van der Waals surface area (Å²) in [5, 5.41) is 9.56. The van der Waals surface area contributed by atoms with Crippen LogP contribution in [-0.2, 0) is 0 Å². The quantitative estimate of drug-likeness (QED) is 0.612. The minimum atomic E-state index is -0.159. The summed E-state index contributed by atoms with van der Waals surface area (Å²) < 4.78 is 0. The summed E-state index contributed by atoms with van der Waals surface area (Å²) in [5.41, 5.74) is 8.48. The molecule has 17 heavy (non-hydrogen) atoms. The fourth-order valence-electron chi connectivity index (χ4n) is 1.72. The Morgan fingerprint density at radius 1 is 1.12 bits per heavy atom. The Bertz CT molecular complexity index is 576. The molecule has 0 saturated heterocycles. The van der Waals surface area contributed by atoms with E-state index >= 15 is 0 Å². The molecule has 0 bridgehead atoms. The lowest BCUT2D eigenvalue weighted by Gasteiger charge is -2.06. The summed E-state index contributed by atoms with van der Waals surface area (Å²) in [7, 11) is 0. The third-order valence-corrected chi connectivity index (χ3v) is 2.60. The van der Waals surface area contributed by atoms with Crippen molar-refractivity contribution in [1.29, 1.82) is 0 Å². The van der Waals surface area contributed by atoms with Gasteiger partial charge in [-0.3, -0.25) is 4.79 Å². The molecule has 0 heterocycles. The molecular weight excluding hydrogens is 214 g/mol. The highest BCUT2D eigenvalue weighted by Crippen LogP contribution is 2.27. The van der Waals surface area contributed by atoms with Crippen LogP contribution in [-0.4, -0.2) is 10.9 Å². The summed E-state index contributed by atoms with van der Waals surface area (Å²) in [6, 6.07) is 12.3. The average Bonchev–Trinajstić information content (AvgIpc) is 2.29. The van der Waals surface area contributed by atoms with Crippen LogP contribution < -0.4 is 5.73 Å². The zero-order valence-corrected chi connectivity index (χ0v) is 9.47. The van der Waals surface area contributed by atoms with E-state index in [1.807, 2.05) is 18.2 Å². The molecule has 0 spiro atoms. The van der Waals surface area contributed by atoms with Crippen LogP contribution in [0.15, 0.2) is 42.5 Å². The lowest BCUT2D eigenvalue weighted by atomic mass is 10.0. The Balaban J connectivity index is 2.54. The lowest BCUT2D eigenvalue weighted by Crippen LogP contribution is -1.93. The van der Waals surface area contributed by atoms with Crippen LogP contribution >= 0.6 is 0 Å². The molecule has 0 radical (unpaired) electrons. The number of phenolic OH excluding ortho intramolecular Hbond substituents is 1. The normalized spacial score (nSPS) is 10.2. The molecule has 0 aliphatic heterocycles. The van der Waals surface area contributed by atoms with E-state index in [4.69, 9.17) is 5.73 Å². The second-order valence-electron chi connectivity index (χ2n) is 3.91. The standard InChI is InChI=1S/C14H13NO2/c1-9(16)13-8-11(5-6-14(13)17)10-3-2-4-12(15)7-10/h2-8,17H,15H2,1H3. The van der Waals surface area contributed by atoms with Crippen molar-refractivity contribution in [3.8, 4) is 16.9 Å². The van der Waals surface area contributed by atoms with E-state index in [0.717, 1.165) is 11.1 Å². The van der Waals surface area contributed by atoms with Crippen LogP contribution in [0.1, 0.15) is 17.3 Å². The van der Waals surface area contributed by atoms with E-state index in [1.54, 1.807) is 18.2 Å². The summed E-state index contributed by atoms with van der Waals surface area (Å²) >= 11 is 0. The van der Waals surface area contributed by atoms with E-state index in [-0.39, 0.29) is 11.5 Å². The number of anilines is 1. The molecule has 2 aromatic carbocycles. The monoisotopic (exact) mass is 227 g/mol. The van der Waals surface area contributed by atoms with Crippen LogP contribution in [0.5, 0.6) is 5.75 Å². The third kappa shape index (κ3) is 2.28. The molecular formula is C14H13NO2. The van der Waals surface area contributed by atoms with Gasteiger partial charge >= 0.3 is 0 Å². The van der Waals surface area contributed by atoms with Gasteiger partial charge in [-0.25, -0.2) is 0 Å². The first-order valence-electron chi connectivity index (χ1n) is 5.28. The molecule has 3 heteroatoms. The predicted molar refractivity (Wildman–Crippen MR) is 68.0 cm³/mol. The Kier molecular flexibility index (Phi) is 2.83. The third-order valence-electron chi connectivity index (χ3n) is 2.60. The van der Waals surface area contributed by atoms with E-state index in [9.17, 15) is 9.90 Å². The van der Waals surface area contributed by atoms with Gasteiger partial charge in [-0.05, 0) is 42.3 Å². The van der Waals surface area contributed by atoms with Crippen LogP contribution in [0.2, 0.25) is 0 Å². The zero-order valence-electron chi connectivity index (χ0n) is 9.47. The number of benzene rings is 2. The number of hydrogen-bond donors (Lipinski definition) is 2. The number of hydrogen-bond acceptors (Lipinski definition) is 3. The van der Waals surface area contributed by atoms with Gasteiger partial charge < -0.3 is 10.8 Å². The summed E-state index contributed by atoms with van der Waals surface area (Å²) in [6.07, 6.45) is 0. The van der Waals surface area contributed by atoms with Crippen molar-refractivity contribution in [3.63, 3.8) is 0 Å². The smallest absolute Gasteiger partial charge is 0.163 e. The number of nitrogen functional groups attached to an aromatic ring is 1. The Hall–Kier alpha value is -2.29. The maximum Gasteiger partial charge on any atom is 0.163 e. The Labute approximate surface area is 99.5 Å². The van der Waals surface area contributed by atoms with Crippen molar-refractivity contribution < 1.29 is 9.90 Å². The van der Waals surface area contributed by atoms with Gasteiger partial charge in [0.05, 0.1) is 5.56 Å². The number of ketones is 1. The molecule has 0 amide bonds. The van der Waals surface area contributed by atoms with Crippen LogP contribution in [0.25, 0.3) is 11.1 Å². The fourth-order valence-corrected chi connectivity index (χ4v) is 1.72. The highest BCUT2D eigenvalue weighted by Gasteiger charge is 2.08. The number of rotatable bonds is 2. The molecule has 0 saturated carbocycles. The number of aromatic hydroxyl groups is 1. The van der Waals surface area contributed by atoms with E-state index in [2.05, 4.69) is 0 Å². The second kappa shape index (κ2) is 4.29. The second-order valence-corrected chi connectivity index (χ2v) is 3.91. The van der Waals surface area contributed by atoms with E-state index in [1.165, 1.54) is 13.0 Å². The largest absolute Gasteiger partial charge is 0.507 e.